The summed E-state index contributed by atoms with van der Waals surface area (Å²) in [5.74, 6) is 0.698. The molecular weight excluding hydrogens is 358 g/mol. The summed E-state index contributed by atoms with van der Waals surface area (Å²) in [6.07, 6.45) is 2.12. The Kier molecular flexibility index (Phi) is 5.48. The number of H-pyrrole nitrogens is 1. The first-order valence-electron chi connectivity index (χ1n) is 9.22. The molecule has 2 atom stereocenters. The van der Waals surface area contributed by atoms with E-state index in [4.69, 9.17) is 0 Å². The third kappa shape index (κ3) is 3.76. The van der Waals surface area contributed by atoms with Crippen LogP contribution in [0.1, 0.15) is 35.4 Å². The van der Waals surface area contributed by atoms with Gasteiger partial charge in [0, 0.05) is 44.4 Å². The lowest BCUT2D eigenvalue weighted by Crippen LogP contribution is -2.43. The maximum absolute atomic E-state index is 13.0. The number of benzene rings is 1. The summed E-state index contributed by atoms with van der Waals surface area (Å²) < 4.78 is 1.51. The van der Waals surface area contributed by atoms with Gasteiger partial charge in [-0.15, -0.1) is 0 Å². The van der Waals surface area contributed by atoms with Crippen LogP contribution in [0.25, 0.3) is 0 Å². The van der Waals surface area contributed by atoms with Gasteiger partial charge < -0.3 is 9.80 Å². The van der Waals surface area contributed by atoms with E-state index in [0.29, 0.717) is 36.1 Å². The summed E-state index contributed by atoms with van der Waals surface area (Å²) in [7, 11) is 3.35. The average Bonchev–Trinajstić information content (AvgIpc) is 3.04. The number of piperidine rings is 1. The van der Waals surface area contributed by atoms with E-state index >= 15 is 0 Å². The van der Waals surface area contributed by atoms with Gasteiger partial charge in [-0.3, -0.25) is 14.2 Å². The molecule has 1 fully saturated rings. The molecule has 0 bridgehead atoms. The number of aromatic nitrogens is 3. The average molecular weight is 383 g/mol. The van der Waals surface area contributed by atoms with E-state index in [-0.39, 0.29) is 23.4 Å². The summed E-state index contributed by atoms with van der Waals surface area (Å²) in [5, 5.41) is 6.61. The van der Waals surface area contributed by atoms with Gasteiger partial charge in [0.1, 0.15) is 5.82 Å². The minimum atomic E-state index is -0.250. The van der Waals surface area contributed by atoms with Crippen molar-refractivity contribution >= 4 is 17.5 Å². The van der Waals surface area contributed by atoms with Crippen molar-refractivity contribution in [2.75, 3.05) is 25.0 Å². The van der Waals surface area contributed by atoms with Crippen molar-refractivity contribution < 1.29 is 9.59 Å². The van der Waals surface area contributed by atoms with Crippen LogP contribution in [-0.4, -0.2) is 51.6 Å². The lowest BCUT2D eigenvalue weighted by molar-refractivity contribution is -0.113. The van der Waals surface area contributed by atoms with Crippen LogP contribution in [-0.2, 0) is 11.8 Å². The number of rotatable bonds is 4. The quantitative estimate of drug-likeness (QED) is 0.811. The third-order valence-electron chi connectivity index (χ3n) is 5.23. The second kappa shape index (κ2) is 7.84. The number of anilines is 1. The summed E-state index contributed by atoms with van der Waals surface area (Å²) in [5.41, 5.74) is 1.00. The van der Waals surface area contributed by atoms with Crippen LogP contribution in [0.15, 0.2) is 41.7 Å². The topological polar surface area (TPSA) is 91.3 Å². The Morgan fingerprint density at radius 1 is 1.29 bits per heavy atom. The number of aromatic amines is 1. The first-order chi connectivity index (χ1) is 13.3. The highest BCUT2D eigenvalue weighted by Crippen LogP contribution is 2.29. The number of likely N-dealkylation sites (N-methyl/N-ethyl adjacent to an activating group) is 1. The molecule has 1 aliphatic rings. The van der Waals surface area contributed by atoms with Gasteiger partial charge in [-0.1, -0.05) is 13.5 Å². The van der Waals surface area contributed by atoms with Crippen LogP contribution < -0.4 is 10.6 Å². The SMILES string of the molecule is C=CC(=O)N(C)c1ccc(C(=O)N2C[C@H](C)C[C@@H](c3n[nH]c(=O)n3C)C2)cc1. The van der Waals surface area contributed by atoms with Gasteiger partial charge in [0.05, 0.1) is 0 Å². The molecule has 8 nitrogen and oxygen atoms in total. The largest absolute Gasteiger partial charge is 0.343 e. The molecule has 3 rings (SSSR count). The second-order valence-electron chi connectivity index (χ2n) is 7.34. The molecule has 2 heterocycles. The van der Waals surface area contributed by atoms with Crippen molar-refractivity contribution in [2.45, 2.75) is 19.3 Å². The molecule has 2 aromatic rings. The fraction of sp³-hybridized carbons (Fsp3) is 0.400. The standard InChI is InChI=1S/C20H25N5O3/c1-5-17(26)23(3)16-8-6-14(7-9-16)19(27)25-11-13(2)10-15(12-25)18-21-22-20(28)24(18)4/h5-9,13,15H,1,10-12H2,2-4H3,(H,22,28)/t13-,15-/m1/s1. The van der Waals surface area contributed by atoms with Crippen molar-refractivity contribution in [3.05, 3.63) is 58.8 Å². The van der Waals surface area contributed by atoms with E-state index in [1.54, 1.807) is 38.4 Å². The van der Waals surface area contributed by atoms with Crippen LogP contribution in [0, 0.1) is 5.92 Å². The molecular formula is C20H25N5O3. The van der Waals surface area contributed by atoms with E-state index < -0.39 is 0 Å². The van der Waals surface area contributed by atoms with E-state index in [1.807, 2.05) is 4.90 Å². The lowest BCUT2D eigenvalue weighted by atomic mass is 9.89. The first-order valence-corrected chi connectivity index (χ1v) is 9.22. The van der Waals surface area contributed by atoms with Crippen LogP contribution in [0.5, 0.6) is 0 Å². The fourth-order valence-electron chi connectivity index (χ4n) is 3.70. The second-order valence-corrected chi connectivity index (χ2v) is 7.34. The molecule has 0 radical (unpaired) electrons. The number of hydrogen-bond donors (Lipinski definition) is 1. The van der Waals surface area contributed by atoms with Gasteiger partial charge in [-0.05, 0) is 42.7 Å². The highest BCUT2D eigenvalue weighted by Gasteiger charge is 2.32. The van der Waals surface area contributed by atoms with Gasteiger partial charge in [-0.2, -0.15) is 5.10 Å². The molecule has 1 saturated heterocycles. The Bertz CT molecular complexity index is 943. The molecule has 148 valence electrons. The molecule has 0 spiro atoms. The van der Waals surface area contributed by atoms with Gasteiger partial charge in [-0.25, -0.2) is 9.89 Å². The number of carbonyl (C=O) groups excluding carboxylic acids is 2. The van der Waals surface area contributed by atoms with E-state index in [0.717, 1.165) is 6.42 Å². The van der Waals surface area contributed by atoms with Gasteiger partial charge in [0.2, 0.25) is 5.91 Å². The third-order valence-corrected chi connectivity index (χ3v) is 5.23. The number of carbonyl (C=O) groups is 2. The van der Waals surface area contributed by atoms with Crippen molar-refractivity contribution in [3.63, 3.8) is 0 Å². The Balaban J connectivity index is 1.77. The molecule has 28 heavy (non-hydrogen) atoms. The minimum absolute atomic E-state index is 0.00673. The molecule has 2 amide bonds. The zero-order valence-corrected chi connectivity index (χ0v) is 16.4. The summed E-state index contributed by atoms with van der Waals surface area (Å²) in [6.45, 7) is 6.74. The highest BCUT2D eigenvalue weighted by atomic mass is 16.2. The molecule has 0 saturated carbocycles. The number of nitrogens with zero attached hydrogens (tertiary/aromatic N) is 4. The Morgan fingerprint density at radius 2 is 1.96 bits per heavy atom. The first kappa shape index (κ1) is 19.6. The van der Waals surface area contributed by atoms with Gasteiger partial charge in [0.15, 0.2) is 0 Å². The minimum Gasteiger partial charge on any atom is -0.338 e. The summed E-state index contributed by atoms with van der Waals surface area (Å²) in [6, 6.07) is 6.94. The number of hydrogen-bond acceptors (Lipinski definition) is 4. The summed E-state index contributed by atoms with van der Waals surface area (Å²) in [4.78, 5) is 39.7. The van der Waals surface area contributed by atoms with Gasteiger partial charge in [0.25, 0.3) is 5.91 Å². The van der Waals surface area contributed by atoms with Crippen molar-refractivity contribution in [1.29, 1.82) is 0 Å². The van der Waals surface area contributed by atoms with Crippen molar-refractivity contribution in [1.82, 2.24) is 19.7 Å². The maximum Gasteiger partial charge on any atom is 0.343 e. The van der Waals surface area contributed by atoms with E-state index in [9.17, 15) is 14.4 Å². The molecule has 0 aliphatic carbocycles. The predicted octanol–water partition coefficient (Wildman–Crippen LogP) is 1.52. The Labute approximate surface area is 163 Å². The lowest BCUT2D eigenvalue weighted by Gasteiger charge is -2.36. The molecule has 8 heteroatoms. The zero-order chi connectivity index (χ0) is 20.4. The number of amides is 2. The normalized spacial score (nSPS) is 19.3. The number of likely N-dealkylation sites (tertiary alicyclic amines) is 1. The van der Waals surface area contributed by atoms with Crippen LogP contribution in [0.3, 0.4) is 0 Å². The highest BCUT2D eigenvalue weighted by molar-refractivity contribution is 6.01. The Hall–Kier alpha value is -3.16. The predicted molar refractivity (Wildman–Crippen MR) is 106 cm³/mol. The van der Waals surface area contributed by atoms with Crippen LogP contribution in [0.4, 0.5) is 5.69 Å². The van der Waals surface area contributed by atoms with Crippen LogP contribution in [0.2, 0.25) is 0 Å². The van der Waals surface area contributed by atoms with E-state index in [2.05, 4.69) is 23.7 Å². The van der Waals surface area contributed by atoms with Crippen LogP contribution >= 0.6 is 0 Å². The smallest absolute Gasteiger partial charge is 0.338 e. The monoisotopic (exact) mass is 383 g/mol. The molecule has 0 unspecified atom stereocenters. The maximum atomic E-state index is 13.0. The molecule has 1 N–H and O–H groups in total. The molecule has 1 aromatic carbocycles. The summed E-state index contributed by atoms with van der Waals surface area (Å²) >= 11 is 0. The van der Waals surface area contributed by atoms with E-state index in [1.165, 1.54) is 15.5 Å². The molecule has 1 aliphatic heterocycles. The zero-order valence-electron chi connectivity index (χ0n) is 16.4. The number of nitrogens with one attached hydrogen (secondary N) is 1. The van der Waals surface area contributed by atoms with Gasteiger partial charge >= 0.3 is 5.69 Å². The fourth-order valence-corrected chi connectivity index (χ4v) is 3.70. The van der Waals surface area contributed by atoms with Crippen molar-refractivity contribution in [2.24, 2.45) is 13.0 Å². The Morgan fingerprint density at radius 3 is 2.54 bits per heavy atom. The van der Waals surface area contributed by atoms with Crippen molar-refractivity contribution in [3.8, 4) is 0 Å². The molecule has 1 aromatic heterocycles.